The molecule has 0 aliphatic rings. The van der Waals surface area contributed by atoms with E-state index in [0.29, 0.717) is 6.67 Å². The highest BCUT2D eigenvalue weighted by molar-refractivity contribution is 6.05. The van der Waals surface area contributed by atoms with Crippen LogP contribution < -0.4 is 5.32 Å². The van der Waals surface area contributed by atoms with Gasteiger partial charge in [-0.05, 0) is 7.05 Å². The Balaban J connectivity index is 3.26. The lowest BCUT2D eigenvalue weighted by molar-refractivity contribution is -0.137. The number of hydrogen-bond donors (Lipinski definition) is 2. The molecule has 50 valence electrons. The lowest BCUT2D eigenvalue weighted by Gasteiger charge is -2.12. The van der Waals surface area contributed by atoms with E-state index >= 15 is 0 Å². The predicted molar refractivity (Wildman–Crippen MR) is 34.0 cm³/mol. The normalized spacial score (nSPS) is 10.0. The Hall–Kier alpha value is -0.545. The minimum Gasteiger partial charge on any atom is -0.480 e. The molecule has 9 heavy (non-hydrogen) atoms. The molecule has 0 heterocycles. The first-order valence-corrected chi connectivity index (χ1v) is 2.53. The molecule has 0 saturated heterocycles. The fourth-order valence-corrected chi connectivity index (χ4v) is 0.433. The van der Waals surface area contributed by atoms with Crippen LogP contribution >= 0.6 is 0 Å². The Kier molecular flexibility index (Phi) is 4.08. The number of carboxylic acid groups (broad SMARTS) is 1. The van der Waals surface area contributed by atoms with Gasteiger partial charge in [-0.15, -0.1) is 0 Å². The zero-order valence-electron chi connectivity index (χ0n) is 5.29. The number of carbonyl (C=O) groups is 1. The molecule has 0 bridgehead atoms. The van der Waals surface area contributed by atoms with Gasteiger partial charge >= 0.3 is 5.97 Å². The zero-order valence-corrected chi connectivity index (χ0v) is 5.29. The highest BCUT2D eigenvalue weighted by atomic mass is 16.4. The van der Waals surface area contributed by atoms with Crippen molar-refractivity contribution < 1.29 is 9.90 Å². The third-order valence-electron chi connectivity index (χ3n) is 0.700. The number of carboxylic acids is 1. The van der Waals surface area contributed by atoms with Crippen molar-refractivity contribution in [1.82, 2.24) is 10.1 Å². The standard InChI is InChI=1S/C4H9BN2O2/c1-6-3-7(5)2-4(8)9/h6H,2-3H2,1H3,(H,8,9). The highest BCUT2D eigenvalue weighted by Gasteiger charge is 1.99. The Bertz CT molecular complexity index is 98.6. The van der Waals surface area contributed by atoms with E-state index in [2.05, 4.69) is 5.32 Å². The molecule has 0 aromatic heterocycles. The molecular formula is C4H9BN2O2. The first kappa shape index (κ1) is 8.45. The van der Waals surface area contributed by atoms with Gasteiger partial charge in [-0.3, -0.25) is 4.79 Å². The first-order valence-electron chi connectivity index (χ1n) is 2.53. The van der Waals surface area contributed by atoms with Gasteiger partial charge in [0, 0.05) is 6.67 Å². The van der Waals surface area contributed by atoms with Crippen LogP contribution in [0.3, 0.4) is 0 Å². The molecular weight excluding hydrogens is 119 g/mol. The van der Waals surface area contributed by atoms with Gasteiger partial charge in [0.15, 0.2) is 7.98 Å². The maximum absolute atomic E-state index is 9.94. The predicted octanol–water partition coefficient (Wildman–Crippen LogP) is -1.37. The molecule has 0 aliphatic carbocycles. The van der Waals surface area contributed by atoms with Crippen LogP contribution in [0.5, 0.6) is 0 Å². The summed E-state index contributed by atoms with van der Waals surface area (Å²) in [5.41, 5.74) is 0. The van der Waals surface area contributed by atoms with Crippen LogP contribution in [-0.4, -0.2) is 44.1 Å². The minimum atomic E-state index is -0.923. The summed E-state index contributed by atoms with van der Waals surface area (Å²) in [7, 11) is 6.87. The lowest BCUT2D eigenvalue weighted by Crippen LogP contribution is -2.34. The molecule has 2 radical (unpaired) electrons. The number of nitrogens with zero attached hydrogens (tertiary/aromatic N) is 1. The number of rotatable bonds is 4. The molecule has 4 nitrogen and oxygen atoms in total. The summed E-state index contributed by atoms with van der Waals surface area (Å²) in [5, 5.41) is 10.9. The highest BCUT2D eigenvalue weighted by Crippen LogP contribution is 1.74. The molecule has 0 saturated carbocycles. The fraction of sp³-hybridized carbons (Fsp3) is 0.750. The number of nitrogens with one attached hydrogen (secondary N) is 1. The van der Waals surface area contributed by atoms with Crippen LogP contribution in [-0.2, 0) is 4.79 Å². The minimum absolute atomic E-state index is 0.138. The van der Waals surface area contributed by atoms with Gasteiger partial charge in [-0.25, -0.2) is 0 Å². The maximum atomic E-state index is 9.94. The second-order valence-electron chi connectivity index (χ2n) is 1.65. The van der Waals surface area contributed by atoms with Crippen molar-refractivity contribution in [1.29, 1.82) is 0 Å². The quantitative estimate of drug-likeness (QED) is 0.362. The van der Waals surface area contributed by atoms with Crippen molar-refractivity contribution in [3.8, 4) is 0 Å². The summed E-state index contributed by atoms with van der Waals surface area (Å²) in [5.74, 6) is -0.923. The van der Waals surface area contributed by atoms with Gasteiger partial charge in [0.2, 0.25) is 0 Å². The van der Waals surface area contributed by atoms with Gasteiger partial charge < -0.3 is 15.2 Å². The van der Waals surface area contributed by atoms with Crippen molar-refractivity contribution in [2.24, 2.45) is 0 Å². The lowest BCUT2D eigenvalue weighted by atomic mass is 10.3. The Morgan fingerprint density at radius 3 is 2.78 bits per heavy atom. The molecule has 0 aromatic rings. The van der Waals surface area contributed by atoms with Crippen LogP contribution in [0.15, 0.2) is 0 Å². The molecule has 0 aromatic carbocycles. The van der Waals surface area contributed by atoms with E-state index in [1.807, 2.05) is 0 Å². The molecule has 0 atom stereocenters. The van der Waals surface area contributed by atoms with E-state index < -0.39 is 5.97 Å². The van der Waals surface area contributed by atoms with Crippen LogP contribution in [0.1, 0.15) is 0 Å². The van der Waals surface area contributed by atoms with Crippen molar-refractivity contribution in [3.05, 3.63) is 0 Å². The molecule has 2 N–H and O–H groups in total. The Morgan fingerprint density at radius 1 is 1.89 bits per heavy atom. The van der Waals surface area contributed by atoms with Gasteiger partial charge in [0.05, 0.1) is 6.54 Å². The first-order chi connectivity index (χ1) is 4.16. The maximum Gasteiger partial charge on any atom is 0.316 e. The largest absolute Gasteiger partial charge is 0.480 e. The van der Waals surface area contributed by atoms with Crippen molar-refractivity contribution in [2.75, 3.05) is 20.3 Å². The monoisotopic (exact) mass is 128 g/mol. The van der Waals surface area contributed by atoms with E-state index in [9.17, 15) is 4.79 Å². The van der Waals surface area contributed by atoms with Gasteiger partial charge in [0.1, 0.15) is 0 Å². The third kappa shape index (κ3) is 5.32. The molecule has 0 aliphatic heterocycles. The summed E-state index contributed by atoms with van der Waals surface area (Å²) in [6.07, 6.45) is 0. The van der Waals surface area contributed by atoms with Gasteiger partial charge in [-0.1, -0.05) is 0 Å². The number of aliphatic carboxylic acids is 1. The summed E-state index contributed by atoms with van der Waals surface area (Å²) in [6, 6.07) is 0. The fourth-order valence-electron chi connectivity index (χ4n) is 0.433. The van der Waals surface area contributed by atoms with Crippen LogP contribution in [0.4, 0.5) is 0 Å². The molecule has 0 fully saturated rings. The Morgan fingerprint density at radius 2 is 2.44 bits per heavy atom. The van der Waals surface area contributed by atoms with Crippen molar-refractivity contribution in [2.45, 2.75) is 0 Å². The second kappa shape index (κ2) is 4.35. The average molecular weight is 128 g/mol. The topological polar surface area (TPSA) is 52.6 Å². The van der Waals surface area contributed by atoms with E-state index in [1.54, 1.807) is 7.05 Å². The molecule has 0 spiro atoms. The number of hydrogen-bond acceptors (Lipinski definition) is 3. The smallest absolute Gasteiger partial charge is 0.316 e. The SMILES string of the molecule is [B]N(CNC)CC(=O)O. The van der Waals surface area contributed by atoms with E-state index in [4.69, 9.17) is 13.1 Å². The molecule has 0 unspecified atom stereocenters. The zero-order chi connectivity index (χ0) is 7.28. The van der Waals surface area contributed by atoms with Crippen molar-refractivity contribution in [3.63, 3.8) is 0 Å². The molecule has 5 heteroatoms. The van der Waals surface area contributed by atoms with Gasteiger partial charge in [-0.2, -0.15) is 0 Å². The summed E-state index contributed by atoms with van der Waals surface area (Å²) in [4.78, 5) is 11.1. The average Bonchev–Trinajstić information content (AvgIpc) is 1.63. The molecule has 0 amide bonds. The van der Waals surface area contributed by atoms with Crippen LogP contribution in [0.2, 0.25) is 0 Å². The van der Waals surface area contributed by atoms with Crippen LogP contribution in [0.25, 0.3) is 0 Å². The van der Waals surface area contributed by atoms with E-state index in [-0.39, 0.29) is 6.54 Å². The van der Waals surface area contributed by atoms with E-state index in [1.165, 1.54) is 4.81 Å². The Labute approximate surface area is 55.3 Å². The van der Waals surface area contributed by atoms with Crippen molar-refractivity contribution >= 4 is 14.0 Å². The van der Waals surface area contributed by atoms with Crippen LogP contribution in [0, 0.1) is 0 Å². The second-order valence-corrected chi connectivity index (χ2v) is 1.65. The summed E-state index contributed by atoms with van der Waals surface area (Å²) < 4.78 is 0. The van der Waals surface area contributed by atoms with E-state index in [0.717, 1.165) is 0 Å². The van der Waals surface area contributed by atoms with Gasteiger partial charge in [0.25, 0.3) is 0 Å². The molecule has 0 rings (SSSR count). The summed E-state index contributed by atoms with van der Waals surface area (Å²) in [6.45, 7) is 0.243. The summed E-state index contributed by atoms with van der Waals surface area (Å²) >= 11 is 0. The third-order valence-corrected chi connectivity index (χ3v) is 0.700.